The second-order valence-corrected chi connectivity index (χ2v) is 8.85. The van der Waals surface area contributed by atoms with Crippen LogP contribution in [0.5, 0.6) is 0 Å². The first-order valence-electron chi connectivity index (χ1n) is 9.18. The molecule has 7 fully saturated rings. The van der Waals surface area contributed by atoms with Crippen LogP contribution in [0.25, 0.3) is 0 Å². The zero-order chi connectivity index (χ0) is 15.1. The zero-order valence-electron chi connectivity index (χ0n) is 13.0. The Morgan fingerprint density at radius 1 is 1.05 bits per heavy atom. The Morgan fingerprint density at radius 2 is 1.64 bits per heavy atom. The largest absolute Gasteiger partial charge is 0.264 e. The van der Waals surface area contributed by atoms with Crippen LogP contribution in [0, 0.1) is 68.8 Å². The summed E-state index contributed by atoms with van der Waals surface area (Å²) in [4.78, 5) is 12.4. The molecule has 0 spiro atoms. The topological polar surface area (TPSA) is 66.9 Å². The highest BCUT2D eigenvalue weighted by molar-refractivity contribution is 5.19. The van der Waals surface area contributed by atoms with Crippen LogP contribution in [0.3, 0.4) is 0 Å². The lowest BCUT2D eigenvalue weighted by Crippen LogP contribution is -2.73. The first-order valence-corrected chi connectivity index (χ1v) is 9.18. The zero-order valence-corrected chi connectivity index (χ0v) is 13.0. The molecule has 4 heteroatoms. The SMILES string of the molecule is N#CCCCC1([N+](=O)[O-])C2CC3C4CC5CC3C1C(C5)C4C2. The van der Waals surface area contributed by atoms with Crippen LogP contribution in [-0.2, 0) is 0 Å². The minimum atomic E-state index is -0.674. The average Bonchev–Trinajstić information content (AvgIpc) is 2.52. The average molecular weight is 300 g/mol. The Bertz CT molecular complexity index is 546. The van der Waals surface area contributed by atoms with Crippen LogP contribution >= 0.6 is 0 Å². The second-order valence-electron chi connectivity index (χ2n) is 8.85. The third kappa shape index (κ3) is 1.35. The van der Waals surface area contributed by atoms with Crippen molar-refractivity contribution >= 4 is 0 Å². The van der Waals surface area contributed by atoms with Crippen LogP contribution in [0.4, 0.5) is 0 Å². The van der Waals surface area contributed by atoms with E-state index in [0.717, 1.165) is 36.5 Å². The molecule has 0 heterocycles. The summed E-state index contributed by atoms with van der Waals surface area (Å²) in [6.45, 7) is 0. The van der Waals surface area contributed by atoms with Crippen molar-refractivity contribution in [1.82, 2.24) is 0 Å². The number of nitriles is 1. The quantitative estimate of drug-likeness (QED) is 0.452. The maximum Gasteiger partial charge on any atom is 0.228 e. The molecule has 0 aromatic carbocycles. The molecule has 5 unspecified atom stereocenters. The van der Waals surface area contributed by atoms with Crippen molar-refractivity contribution in [2.75, 3.05) is 0 Å². The van der Waals surface area contributed by atoms with E-state index in [4.69, 9.17) is 5.26 Å². The van der Waals surface area contributed by atoms with E-state index in [1.165, 1.54) is 19.3 Å². The van der Waals surface area contributed by atoms with Crippen LogP contribution in [-0.4, -0.2) is 10.5 Å². The summed E-state index contributed by atoms with van der Waals surface area (Å²) in [7, 11) is 0. The number of nitro groups is 1. The molecular weight excluding hydrogens is 276 g/mol. The second kappa shape index (κ2) is 4.24. The first kappa shape index (κ1) is 13.3. The summed E-state index contributed by atoms with van der Waals surface area (Å²) < 4.78 is 0. The van der Waals surface area contributed by atoms with E-state index in [-0.39, 0.29) is 4.92 Å². The fourth-order valence-electron chi connectivity index (χ4n) is 8.30. The fraction of sp³-hybridized carbons (Fsp3) is 0.944. The Kier molecular flexibility index (Phi) is 2.57. The van der Waals surface area contributed by atoms with E-state index in [1.54, 1.807) is 0 Å². The lowest BCUT2D eigenvalue weighted by atomic mass is 9.31. The molecule has 0 radical (unpaired) electrons. The number of nitrogens with zero attached hydrogens (tertiary/aromatic N) is 2. The Morgan fingerprint density at radius 3 is 2.23 bits per heavy atom. The summed E-state index contributed by atoms with van der Waals surface area (Å²) in [5.74, 6) is 5.35. The molecule has 0 saturated heterocycles. The molecule has 118 valence electrons. The van der Waals surface area contributed by atoms with Gasteiger partial charge in [-0.15, -0.1) is 0 Å². The van der Waals surface area contributed by atoms with Gasteiger partial charge < -0.3 is 0 Å². The van der Waals surface area contributed by atoms with Crippen molar-refractivity contribution in [2.24, 2.45) is 47.3 Å². The van der Waals surface area contributed by atoms with Gasteiger partial charge in [-0.25, -0.2) is 0 Å². The number of rotatable bonds is 4. The van der Waals surface area contributed by atoms with Crippen molar-refractivity contribution < 1.29 is 4.92 Å². The third-order valence-corrected chi connectivity index (χ3v) is 8.54. The summed E-state index contributed by atoms with van der Waals surface area (Å²) in [5.41, 5.74) is -0.674. The minimum absolute atomic E-state index is 0.133. The lowest BCUT2D eigenvalue weighted by molar-refractivity contribution is -0.616. The van der Waals surface area contributed by atoms with Crippen LogP contribution < -0.4 is 0 Å². The van der Waals surface area contributed by atoms with Gasteiger partial charge in [0.1, 0.15) is 0 Å². The van der Waals surface area contributed by atoms with Gasteiger partial charge >= 0.3 is 0 Å². The molecule has 0 amide bonds. The monoisotopic (exact) mass is 300 g/mol. The highest BCUT2D eigenvalue weighted by atomic mass is 16.6. The van der Waals surface area contributed by atoms with Crippen LogP contribution in [0.1, 0.15) is 51.4 Å². The van der Waals surface area contributed by atoms with E-state index in [9.17, 15) is 10.1 Å². The van der Waals surface area contributed by atoms with E-state index >= 15 is 0 Å². The molecule has 7 aliphatic rings. The molecule has 7 saturated carbocycles. The molecule has 7 rings (SSSR count). The predicted octanol–water partition coefficient (Wildman–Crippen LogP) is 3.64. The van der Waals surface area contributed by atoms with Gasteiger partial charge in [0.25, 0.3) is 0 Å². The van der Waals surface area contributed by atoms with Crippen LogP contribution in [0.2, 0.25) is 0 Å². The van der Waals surface area contributed by atoms with Crippen molar-refractivity contribution in [3.63, 3.8) is 0 Å². The molecule has 0 aliphatic heterocycles. The minimum Gasteiger partial charge on any atom is -0.264 e. The van der Waals surface area contributed by atoms with Crippen molar-refractivity contribution in [3.05, 3.63) is 10.1 Å². The van der Waals surface area contributed by atoms with Gasteiger partial charge in [-0.1, -0.05) is 0 Å². The van der Waals surface area contributed by atoms with Crippen LogP contribution in [0.15, 0.2) is 0 Å². The van der Waals surface area contributed by atoms with Crippen molar-refractivity contribution in [2.45, 2.75) is 56.9 Å². The van der Waals surface area contributed by atoms with Gasteiger partial charge in [0.2, 0.25) is 5.54 Å². The third-order valence-electron chi connectivity index (χ3n) is 8.54. The van der Waals surface area contributed by atoms with Gasteiger partial charge in [-0.05, 0) is 74.0 Å². The molecule has 4 nitrogen and oxygen atoms in total. The normalized spacial score (nSPS) is 56.3. The highest BCUT2D eigenvalue weighted by Crippen LogP contribution is 2.74. The van der Waals surface area contributed by atoms with E-state index in [0.29, 0.717) is 42.9 Å². The van der Waals surface area contributed by atoms with Gasteiger partial charge in [0.15, 0.2) is 0 Å². The molecule has 0 aromatic heterocycles. The number of unbranched alkanes of at least 4 members (excludes halogenated alkanes) is 1. The van der Waals surface area contributed by atoms with Gasteiger partial charge in [-0.2, -0.15) is 5.26 Å². The van der Waals surface area contributed by atoms with Crippen molar-refractivity contribution in [1.29, 1.82) is 5.26 Å². The molecule has 8 bridgehead atoms. The van der Waals surface area contributed by atoms with Gasteiger partial charge in [0, 0.05) is 29.6 Å². The maximum absolute atomic E-state index is 12.3. The molecule has 7 aliphatic carbocycles. The Hall–Kier alpha value is -1.11. The first-order chi connectivity index (χ1) is 10.7. The summed E-state index contributed by atoms with van der Waals surface area (Å²) >= 11 is 0. The highest BCUT2D eigenvalue weighted by Gasteiger charge is 2.75. The van der Waals surface area contributed by atoms with E-state index in [1.807, 2.05) is 0 Å². The van der Waals surface area contributed by atoms with Gasteiger partial charge in [-0.3, -0.25) is 10.1 Å². The molecular formula is C18H24N2O2. The fourth-order valence-corrected chi connectivity index (χ4v) is 8.30. The summed E-state index contributed by atoms with van der Waals surface area (Å²) in [6.07, 6.45) is 8.07. The summed E-state index contributed by atoms with van der Waals surface area (Å²) in [6, 6.07) is 2.19. The number of hydrogen-bond acceptors (Lipinski definition) is 3. The predicted molar refractivity (Wildman–Crippen MR) is 80.2 cm³/mol. The lowest BCUT2D eigenvalue weighted by Gasteiger charge is -2.72. The molecule has 5 atom stereocenters. The smallest absolute Gasteiger partial charge is 0.228 e. The molecule has 0 aromatic rings. The van der Waals surface area contributed by atoms with Gasteiger partial charge in [0.05, 0.1) is 6.07 Å². The van der Waals surface area contributed by atoms with Crippen molar-refractivity contribution in [3.8, 4) is 6.07 Å². The summed E-state index contributed by atoms with van der Waals surface area (Å²) in [5, 5.41) is 21.1. The Labute approximate surface area is 131 Å². The van der Waals surface area contributed by atoms with E-state index in [2.05, 4.69) is 6.07 Å². The molecule has 22 heavy (non-hydrogen) atoms. The molecule has 0 N–H and O–H groups in total. The number of hydrogen-bond donors (Lipinski definition) is 0. The maximum atomic E-state index is 12.3. The Balaban J connectivity index is 1.57. The van der Waals surface area contributed by atoms with E-state index < -0.39 is 5.54 Å². The standard InChI is InChI=1S/C18H24N2O2/c19-4-2-1-3-18(20(21)22)11-8-13-12-5-10-6-15(13)17(18)16(7-10)14(12)9-11/h10-17H,1-3,5-9H2.